The van der Waals surface area contributed by atoms with Gasteiger partial charge in [-0.3, -0.25) is 0 Å². The van der Waals surface area contributed by atoms with Gasteiger partial charge in [-0.15, -0.1) is 0 Å². The molecule has 0 radical (unpaired) electrons. The van der Waals surface area contributed by atoms with Crippen LogP contribution in [0.25, 0.3) is 0 Å². The van der Waals surface area contributed by atoms with Gasteiger partial charge in [0.25, 0.3) is 0 Å². The van der Waals surface area contributed by atoms with Crippen molar-refractivity contribution in [3.8, 4) is 11.8 Å². The first kappa shape index (κ1) is 15.5. The number of nitrogens with zero attached hydrogens (tertiary/aromatic N) is 3. The third kappa shape index (κ3) is 3.35. The van der Waals surface area contributed by atoms with E-state index < -0.39 is 0 Å². The van der Waals surface area contributed by atoms with Crippen molar-refractivity contribution in [2.45, 2.75) is 0 Å². The Balaban J connectivity index is 1.72. The highest BCUT2D eigenvalue weighted by Crippen LogP contribution is 2.27. The van der Waals surface area contributed by atoms with Crippen LogP contribution in [-0.2, 0) is 0 Å². The zero-order valence-electron chi connectivity index (χ0n) is 13.0. The minimum absolute atomic E-state index is 0.598. The number of nitriles is 1. The number of anilines is 2. The van der Waals surface area contributed by atoms with E-state index in [0.29, 0.717) is 10.6 Å². The highest BCUT2D eigenvalue weighted by molar-refractivity contribution is 6.30. The van der Waals surface area contributed by atoms with Gasteiger partial charge in [-0.05, 0) is 30.3 Å². The average Bonchev–Trinajstić information content (AvgIpc) is 2.62. The summed E-state index contributed by atoms with van der Waals surface area (Å²) in [6, 6.07) is 15.8. The van der Waals surface area contributed by atoms with Crippen molar-refractivity contribution in [2.75, 3.05) is 43.1 Å². The molecule has 0 spiro atoms. The Morgan fingerprint density at radius 1 is 1.04 bits per heavy atom. The van der Waals surface area contributed by atoms with Crippen LogP contribution in [-0.4, -0.2) is 33.3 Å². The van der Waals surface area contributed by atoms with E-state index in [2.05, 4.69) is 28.0 Å². The van der Waals surface area contributed by atoms with Crippen LogP contribution in [0, 0.1) is 11.3 Å². The Morgan fingerprint density at radius 3 is 2.48 bits per heavy atom. The van der Waals surface area contributed by atoms with Crippen LogP contribution in [0.1, 0.15) is 5.56 Å². The summed E-state index contributed by atoms with van der Waals surface area (Å²) in [5.41, 5.74) is 2.76. The van der Waals surface area contributed by atoms with Crippen LogP contribution >= 0.6 is 11.6 Å². The second-order valence-corrected chi connectivity index (χ2v) is 5.89. The number of hydrogen-bond donors (Lipinski definition) is 0. The lowest BCUT2D eigenvalue weighted by atomic mass is 10.1. The molecule has 0 unspecified atom stereocenters. The van der Waals surface area contributed by atoms with E-state index in [4.69, 9.17) is 16.3 Å². The maximum atomic E-state index is 9.30. The topological polar surface area (TPSA) is 39.5 Å². The molecule has 1 fully saturated rings. The molecule has 4 nitrogen and oxygen atoms in total. The van der Waals surface area contributed by atoms with Crippen molar-refractivity contribution in [3.05, 3.63) is 53.1 Å². The summed E-state index contributed by atoms with van der Waals surface area (Å²) in [5.74, 6) is 0.870. The Labute approximate surface area is 141 Å². The molecular weight excluding hydrogens is 310 g/mol. The smallest absolute Gasteiger partial charge is 0.120 e. The summed E-state index contributed by atoms with van der Waals surface area (Å²) in [4.78, 5) is 4.58. The maximum absolute atomic E-state index is 9.30. The van der Waals surface area contributed by atoms with Crippen molar-refractivity contribution in [1.29, 1.82) is 5.26 Å². The van der Waals surface area contributed by atoms with E-state index >= 15 is 0 Å². The number of rotatable bonds is 3. The second-order valence-electron chi connectivity index (χ2n) is 5.45. The first-order valence-corrected chi connectivity index (χ1v) is 7.92. The Hall–Kier alpha value is -2.38. The summed E-state index contributed by atoms with van der Waals surface area (Å²) in [5, 5.41) is 9.90. The SMILES string of the molecule is COc1cccc(N2CCN(c3ccc(Cl)cc3C#N)CC2)c1. The lowest BCUT2D eigenvalue weighted by Gasteiger charge is -2.37. The molecule has 2 aromatic carbocycles. The fraction of sp³-hybridized carbons (Fsp3) is 0.278. The van der Waals surface area contributed by atoms with Gasteiger partial charge in [0.15, 0.2) is 0 Å². The molecule has 2 aromatic rings. The van der Waals surface area contributed by atoms with Crippen LogP contribution in [0.4, 0.5) is 11.4 Å². The summed E-state index contributed by atoms with van der Waals surface area (Å²) < 4.78 is 5.29. The molecule has 1 saturated heterocycles. The Morgan fingerprint density at radius 2 is 1.78 bits per heavy atom. The number of benzene rings is 2. The van der Waals surface area contributed by atoms with Gasteiger partial charge in [-0.25, -0.2) is 0 Å². The monoisotopic (exact) mass is 327 g/mol. The minimum Gasteiger partial charge on any atom is -0.497 e. The molecule has 118 valence electrons. The lowest BCUT2D eigenvalue weighted by molar-refractivity contribution is 0.414. The zero-order chi connectivity index (χ0) is 16.2. The van der Waals surface area contributed by atoms with Crippen LogP contribution in [0.2, 0.25) is 5.02 Å². The van der Waals surface area contributed by atoms with Crippen molar-refractivity contribution < 1.29 is 4.74 Å². The lowest BCUT2D eigenvalue weighted by Crippen LogP contribution is -2.46. The molecule has 3 rings (SSSR count). The van der Waals surface area contributed by atoms with Crippen molar-refractivity contribution in [3.63, 3.8) is 0 Å². The van der Waals surface area contributed by atoms with Crippen molar-refractivity contribution >= 4 is 23.0 Å². The molecule has 0 amide bonds. The molecular formula is C18H18ClN3O. The van der Waals surface area contributed by atoms with Crippen LogP contribution in [0.3, 0.4) is 0 Å². The summed E-state index contributed by atoms with van der Waals surface area (Å²) in [6.07, 6.45) is 0. The number of piperazine rings is 1. The minimum atomic E-state index is 0.598. The molecule has 1 aliphatic heterocycles. The normalized spacial score (nSPS) is 14.5. The van der Waals surface area contributed by atoms with Crippen molar-refractivity contribution in [2.24, 2.45) is 0 Å². The zero-order valence-corrected chi connectivity index (χ0v) is 13.8. The molecule has 0 atom stereocenters. The quantitative estimate of drug-likeness (QED) is 0.864. The van der Waals surface area contributed by atoms with Crippen molar-refractivity contribution in [1.82, 2.24) is 0 Å². The van der Waals surface area contributed by atoms with Gasteiger partial charge in [0.2, 0.25) is 0 Å². The fourth-order valence-electron chi connectivity index (χ4n) is 2.89. The summed E-state index contributed by atoms with van der Waals surface area (Å²) >= 11 is 5.98. The predicted octanol–water partition coefficient (Wildman–Crippen LogP) is 3.55. The van der Waals surface area contributed by atoms with Crippen LogP contribution < -0.4 is 14.5 Å². The molecule has 1 aliphatic rings. The van der Waals surface area contributed by atoms with E-state index in [-0.39, 0.29) is 0 Å². The fourth-order valence-corrected chi connectivity index (χ4v) is 3.06. The van der Waals surface area contributed by atoms with E-state index in [0.717, 1.165) is 37.6 Å². The largest absolute Gasteiger partial charge is 0.497 e. The molecule has 0 saturated carbocycles. The average molecular weight is 328 g/mol. The standard InChI is InChI=1S/C18H18ClN3O/c1-23-17-4-2-3-16(12-17)21-7-9-22(10-8-21)18-6-5-15(19)11-14(18)13-20/h2-6,11-12H,7-10H2,1H3. The van der Waals surface area contributed by atoms with E-state index in [1.165, 1.54) is 5.69 Å². The molecule has 23 heavy (non-hydrogen) atoms. The summed E-state index contributed by atoms with van der Waals surface area (Å²) in [7, 11) is 1.68. The van der Waals surface area contributed by atoms with E-state index in [1.807, 2.05) is 24.3 Å². The molecule has 1 heterocycles. The number of ether oxygens (including phenoxy) is 1. The number of halogens is 1. The number of hydrogen-bond acceptors (Lipinski definition) is 4. The van der Waals surface area contributed by atoms with Crippen LogP contribution in [0.15, 0.2) is 42.5 Å². The molecule has 0 aliphatic carbocycles. The van der Waals surface area contributed by atoms with E-state index in [9.17, 15) is 5.26 Å². The Kier molecular flexibility index (Phi) is 4.59. The van der Waals surface area contributed by atoms with Gasteiger partial charge >= 0.3 is 0 Å². The first-order chi connectivity index (χ1) is 11.2. The molecule has 0 aromatic heterocycles. The number of methoxy groups -OCH3 is 1. The molecule has 5 heteroatoms. The molecule has 0 bridgehead atoms. The van der Waals surface area contributed by atoms with Crippen LogP contribution in [0.5, 0.6) is 5.75 Å². The Bertz CT molecular complexity index is 733. The van der Waals surface area contributed by atoms with Gasteiger partial charge < -0.3 is 14.5 Å². The maximum Gasteiger partial charge on any atom is 0.120 e. The highest BCUT2D eigenvalue weighted by atomic mass is 35.5. The third-order valence-corrected chi connectivity index (χ3v) is 4.35. The second kappa shape index (κ2) is 6.80. The van der Waals surface area contributed by atoms with Gasteiger partial charge in [-0.2, -0.15) is 5.26 Å². The highest BCUT2D eigenvalue weighted by Gasteiger charge is 2.20. The predicted molar refractivity (Wildman–Crippen MR) is 93.6 cm³/mol. The molecule has 0 N–H and O–H groups in total. The van der Waals surface area contributed by atoms with Gasteiger partial charge in [0.1, 0.15) is 11.8 Å². The van der Waals surface area contributed by atoms with E-state index in [1.54, 1.807) is 13.2 Å². The first-order valence-electron chi connectivity index (χ1n) is 7.55. The van der Waals surface area contributed by atoms with Gasteiger partial charge in [0, 0.05) is 43.0 Å². The summed E-state index contributed by atoms with van der Waals surface area (Å²) in [6.45, 7) is 3.54. The third-order valence-electron chi connectivity index (χ3n) is 4.12. The van der Waals surface area contributed by atoms with Gasteiger partial charge in [-0.1, -0.05) is 17.7 Å². The van der Waals surface area contributed by atoms with Gasteiger partial charge in [0.05, 0.1) is 18.4 Å².